The van der Waals surface area contributed by atoms with Crippen LogP contribution in [0.25, 0.3) is 0 Å². The van der Waals surface area contributed by atoms with Gasteiger partial charge in [-0.25, -0.2) is 0 Å². The molecule has 2 atom stereocenters. The van der Waals surface area contributed by atoms with E-state index < -0.39 is 0 Å². The van der Waals surface area contributed by atoms with Gasteiger partial charge < -0.3 is 14.2 Å². The summed E-state index contributed by atoms with van der Waals surface area (Å²) in [5.41, 5.74) is 2.36. The molecule has 2 aromatic rings. The standard InChI is InChI=1S/C17H16O3S/c1-18-15-16(19-2)21-17(15)11-7-3-5-9-13(11)20-14-10-6-4-8-12(14)17/h3-10,15-16H,1-2H3/t15-,16+/m1/s1. The fraction of sp³-hybridized carbons (Fsp3) is 0.294. The van der Waals surface area contributed by atoms with Gasteiger partial charge in [0.15, 0.2) is 0 Å². The fourth-order valence-corrected chi connectivity index (χ4v) is 4.92. The first-order chi connectivity index (χ1) is 10.3. The van der Waals surface area contributed by atoms with Crippen molar-refractivity contribution < 1.29 is 14.2 Å². The monoisotopic (exact) mass is 300 g/mol. The molecule has 2 aromatic carbocycles. The highest BCUT2D eigenvalue weighted by Gasteiger charge is 2.61. The number of hydrogen-bond donors (Lipinski definition) is 0. The largest absolute Gasteiger partial charge is 0.457 e. The predicted molar refractivity (Wildman–Crippen MR) is 82.9 cm³/mol. The number of ether oxygens (including phenoxy) is 3. The second-order valence-electron chi connectivity index (χ2n) is 5.21. The van der Waals surface area contributed by atoms with E-state index in [9.17, 15) is 0 Å². The Morgan fingerprint density at radius 3 is 2.00 bits per heavy atom. The van der Waals surface area contributed by atoms with Crippen LogP contribution in [-0.2, 0) is 14.2 Å². The number of rotatable bonds is 2. The Kier molecular flexibility index (Phi) is 2.99. The van der Waals surface area contributed by atoms with Crippen molar-refractivity contribution in [2.75, 3.05) is 14.2 Å². The molecule has 0 aromatic heterocycles. The van der Waals surface area contributed by atoms with Gasteiger partial charge in [-0.3, -0.25) is 0 Å². The van der Waals surface area contributed by atoms with Crippen molar-refractivity contribution in [1.82, 2.24) is 0 Å². The van der Waals surface area contributed by atoms with Crippen LogP contribution in [-0.4, -0.2) is 25.8 Å². The van der Waals surface area contributed by atoms with Gasteiger partial charge >= 0.3 is 0 Å². The van der Waals surface area contributed by atoms with Crippen LogP contribution in [0.5, 0.6) is 11.5 Å². The molecule has 0 saturated carbocycles. The fourth-order valence-electron chi connectivity index (χ4n) is 3.30. The zero-order valence-corrected chi connectivity index (χ0v) is 12.7. The smallest absolute Gasteiger partial charge is 0.132 e. The molecule has 0 N–H and O–H groups in total. The van der Waals surface area contributed by atoms with E-state index in [0.29, 0.717) is 0 Å². The zero-order chi connectivity index (χ0) is 14.4. The van der Waals surface area contributed by atoms with Crippen LogP contribution in [0.2, 0.25) is 0 Å². The van der Waals surface area contributed by atoms with E-state index in [1.54, 1.807) is 26.0 Å². The molecule has 2 aliphatic rings. The van der Waals surface area contributed by atoms with Crippen molar-refractivity contribution >= 4 is 11.8 Å². The van der Waals surface area contributed by atoms with E-state index in [1.165, 1.54) is 0 Å². The van der Waals surface area contributed by atoms with Crippen LogP contribution in [0.4, 0.5) is 0 Å². The lowest BCUT2D eigenvalue weighted by Crippen LogP contribution is -2.57. The van der Waals surface area contributed by atoms with Gasteiger partial charge in [-0.05, 0) is 12.1 Å². The third-order valence-corrected chi connectivity index (χ3v) is 5.95. The van der Waals surface area contributed by atoms with E-state index in [1.807, 2.05) is 36.4 Å². The van der Waals surface area contributed by atoms with Crippen LogP contribution in [0, 0.1) is 0 Å². The molecule has 2 heterocycles. The molecule has 0 aliphatic carbocycles. The first-order valence-electron chi connectivity index (χ1n) is 6.91. The maximum Gasteiger partial charge on any atom is 0.132 e. The summed E-state index contributed by atoms with van der Waals surface area (Å²) in [6.07, 6.45) is -0.0290. The van der Waals surface area contributed by atoms with E-state index in [2.05, 4.69) is 12.1 Å². The summed E-state index contributed by atoms with van der Waals surface area (Å²) in [6.45, 7) is 0. The van der Waals surface area contributed by atoms with E-state index in [4.69, 9.17) is 14.2 Å². The Balaban J connectivity index is 1.94. The first kappa shape index (κ1) is 13.2. The summed E-state index contributed by atoms with van der Waals surface area (Å²) >= 11 is 1.79. The van der Waals surface area contributed by atoms with Crippen LogP contribution in [0.15, 0.2) is 48.5 Å². The van der Waals surface area contributed by atoms with Crippen molar-refractivity contribution in [2.24, 2.45) is 0 Å². The minimum absolute atomic E-state index is 0.0290. The average molecular weight is 300 g/mol. The Morgan fingerprint density at radius 2 is 1.48 bits per heavy atom. The lowest BCUT2D eigenvalue weighted by atomic mass is 9.81. The van der Waals surface area contributed by atoms with Crippen LogP contribution >= 0.6 is 11.8 Å². The molecule has 0 radical (unpaired) electrons. The van der Waals surface area contributed by atoms with Crippen LogP contribution in [0.3, 0.4) is 0 Å². The lowest BCUT2D eigenvalue weighted by molar-refractivity contribution is -0.0296. The molecule has 1 spiro atoms. The molecule has 0 bridgehead atoms. The quantitative estimate of drug-likeness (QED) is 0.844. The number of hydrogen-bond acceptors (Lipinski definition) is 4. The molecule has 21 heavy (non-hydrogen) atoms. The van der Waals surface area contributed by atoms with Gasteiger partial charge in [0, 0.05) is 25.3 Å². The van der Waals surface area contributed by atoms with Crippen molar-refractivity contribution in [3.05, 3.63) is 59.7 Å². The summed E-state index contributed by atoms with van der Waals surface area (Å²) < 4.78 is 17.2. The molecule has 1 saturated heterocycles. The molecular formula is C17H16O3S. The number of fused-ring (bicyclic) bond motifs is 4. The Bertz CT molecular complexity index is 640. The molecule has 108 valence electrons. The minimum atomic E-state index is -0.249. The zero-order valence-electron chi connectivity index (χ0n) is 11.9. The molecule has 4 heteroatoms. The Labute approximate surface area is 128 Å². The number of thioether (sulfide) groups is 1. The first-order valence-corrected chi connectivity index (χ1v) is 7.79. The molecule has 0 unspecified atom stereocenters. The second-order valence-corrected chi connectivity index (χ2v) is 6.55. The van der Waals surface area contributed by atoms with E-state index in [0.717, 1.165) is 22.6 Å². The second kappa shape index (κ2) is 4.77. The molecule has 1 fully saturated rings. The van der Waals surface area contributed by atoms with Gasteiger partial charge in [-0.15, -0.1) is 11.8 Å². The van der Waals surface area contributed by atoms with Crippen LogP contribution in [0.1, 0.15) is 11.1 Å². The molecule has 4 rings (SSSR count). The molecule has 0 amide bonds. The van der Waals surface area contributed by atoms with Crippen molar-refractivity contribution in [3.63, 3.8) is 0 Å². The summed E-state index contributed by atoms with van der Waals surface area (Å²) in [4.78, 5) is 0. The molecule has 2 aliphatic heterocycles. The van der Waals surface area contributed by atoms with Gasteiger partial charge in [0.1, 0.15) is 27.8 Å². The van der Waals surface area contributed by atoms with Gasteiger partial charge in [0.25, 0.3) is 0 Å². The average Bonchev–Trinajstić information content (AvgIpc) is 2.51. The summed E-state index contributed by atoms with van der Waals surface area (Å²) in [7, 11) is 3.48. The summed E-state index contributed by atoms with van der Waals surface area (Å²) in [5, 5.41) is 0. The summed E-state index contributed by atoms with van der Waals surface area (Å²) in [6, 6.07) is 16.4. The third-order valence-electron chi connectivity index (χ3n) is 4.23. The minimum Gasteiger partial charge on any atom is -0.457 e. The lowest BCUT2D eigenvalue weighted by Gasteiger charge is -2.54. The van der Waals surface area contributed by atoms with E-state index in [-0.39, 0.29) is 16.3 Å². The maximum absolute atomic E-state index is 6.06. The normalized spacial score (nSPS) is 24.7. The van der Waals surface area contributed by atoms with Crippen molar-refractivity contribution in [1.29, 1.82) is 0 Å². The van der Waals surface area contributed by atoms with E-state index >= 15 is 0 Å². The van der Waals surface area contributed by atoms with Gasteiger partial charge in [0.2, 0.25) is 0 Å². The molecular weight excluding hydrogens is 284 g/mol. The van der Waals surface area contributed by atoms with Gasteiger partial charge in [0.05, 0.1) is 0 Å². The van der Waals surface area contributed by atoms with Crippen LogP contribution < -0.4 is 4.74 Å². The van der Waals surface area contributed by atoms with Gasteiger partial charge in [-0.2, -0.15) is 0 Å². The predicted octanol–water partition coefficient (Wildman–Crippen LogP) is 3.77. The van der Waals surface area contributed by atoms with Crippen molar-refractivity contribution in [3.8, 4) is 11.5 Å². The highest BCUT2D eigenvalue weighted by molar-refractivity contribution is 8.02. The summed E-state index contributed by atoms with van der Waals surface area (Å²) in [5.74, 6) is 1.81. The topological polar surface area (TPSA) is 27.7 Å². The SMILES string of the molecule is CO[C@@H]1[C@@H](OC)SC12c1ccccc1Oc1ccccc12. The third kappa shape index (κ3) is 1.64. The Hall–Kier alpha value is -1.49. The highest BCUT2D eigenvalue weighted by atomic mass is 32.2. The number of para-hydroxylation sites is 2. The number of methoxy groups -OCH3 is 2. The number of benzene rings is 2. The van der Waals surface area contributed by atoms with Gasteiger partial charge in [-0.1, -0.05) is 36.4 Å². The molecule has 3 nitrogen and oxygen atoms in total. The Morgan fingerprint density at radius 1 is 0.905 bits per heavy atom. The maximum atomic E-state index is 6.06. The highest BCUT2D eigenvalue weighted by Crippen LogP contribution is 2.65. The van der Waals surface area contributed by atoms with Crippen molar-refractivity contribution in [2.45, 2.75) is 16.3 Å².